The number of aryl methyl sites for hydroxylation is 2. The van der Waals surface area contributed by atoms with E-state index in [9.17, 15) is 4.79 Å². The Bertz CT molecular complexity index is 498. The number of carbonyl (C=O) groups excluding carboxylic acids is 1. The van der Waals surface area contributed by atoms with Gasteiger partial charge in [0.1, 0.15) is 0 Å². The van der Waals surface area contributed by atoms with Crippen LogP contribution in [0.1, 0.15) is 42.4 Å². The van der Waals surface area contributed by atoms with Crippen molar-refractivity contribution < 1.29 is 4.79 Å². The fourth-order valence-electron chi connectivity index (χ4n) is 3.50. The normalized spacial score (nSPS) is 26.3. The number of carbonyl (C=O) groups is 1. The van der Waals surface area contributed by atoms with Gasteiger partial charge in [0.15, 0.2) is 0 Å². The number of fused-ring (bicyclic) bond motifs is 1. The zero-order valence-electron chi connectivity index (χ0n) is 11.6. The topological polar surface area (TPSA) is 46.3 Å². The van der Waals surface area contributed by atoms with Crippen molar-refractivity contribution in [3.8, 4) is 0 Å². The standard InChI is InChI=1S/C16H22N2O/c1-11(19)18-8-7-15(16(17)10-18)14-6-5-12-3-2-4-13(12)9-14/h5-6,9,15-16H,2-4,7-8,10,17H2,1H3. The maximum Gasteiger partial charge on any atom is 0.219 e. The first-order valence-electron chi connectivity index (χ1n) is 7.28. The summed E-state index contributed by atoms with van der Waals surface area (Å²) < 4.78 is 0. The molecule has 3 rings (SSSR count). The molecule has 102 valence electrons. The Morgan fingerprint density at radius 1 is 1.32 bits per heavy atom. The molecule has 2 aliphatic rings. The highest BCUT2D eigenvalue weighted by molar-refractivity contribution is 5.73. The number of nitrogens with two attached hydrogens (primary N) is 1. The van der Waals surface area contributed by atoms with Crippen LogP contribution in [-0.4, -0.2) is 29.9 Å². The zero-order chi connectivity index (χ0) is 13.4. The third-order valence-electron chi connectivity index (χ3n) is 4.65. The fourth-order valence-corrected chi connectivity index (χ4v) is 3.50. The number of hydrogen-bond donors (Lipinski definition) is 1. The van der Waals surface area contributed by atoms with Gasteiger partial charge in [0, 0.05) is 32.0 Å². The molecule has 1 aromatic carbocycles. The zero-order valence-corrected chi connectivity index (χ0v) is 11.6. The molecular weight excluding hydrogens is 236 g/mol. The summed E-state index contributed by atoms with van der Waals surface area (Å²) in [5.41, 5.74) is 10.7. The lowest BCUT2D eigenvalue weighted by Gasteiger charge is -2.36. The number of likely N-dealkylation sites (tertiary alicyclic amines) is 1. The average Bonchev–Trinajstić information content (AvgIpc) is 2.85. The van der Waals surface area contributed by atoms with Crippen LogP contribution >= 0.6 is 0 Å². The molecule has 2 atom stereocenters. The van der Waals surface area contributed by atoms with Crippen molar-refractivity contribution in [2.75, 3.05) is 13.1 Å². The average molecular weight is 258 g/mol. The van der Waals surface area contributed by atoms with E-state index in [1.807, 2.05) is 4.90 Å². The van der Waals surface area contributed by atoms with Crippen LogP contribution in [-0.2, 0) is 17.6 Å². The lowest BCUT2D eigenvalue weighted by atomic mass is 9.84. The highest BCUT2D eigenvalue weighted by atomic mass is 16.2. The van der Waals surface area contributed by atoms with Gasteiger partial charge in [-0.3, -0.25) is 4.79 Å². The smallest absolute Gasteiger partial charge is 0.219 e. The summed E-state index contributed by atoms with van der Waals surface area (Å²) in [5, 5.41) is 0. The summed E-state index contributed by atoms with van der Waals surface area (Å²) in [7, 11) is 0. The summed E-state index contributed by atoms with van der Waals surface area (Å²) in [5.74, 6) is 0.546. The second kappa shape index (κ2) is 4.97. The molecule has 3 heteroatoms. The van der Waals surface area contributed by atoms with Crippen molar-refractivity contribution in [2.45, 2.75) is 44.6 Å². The molecule has 3 nitrogen and oxygen atoms in total. The van der Waals surface area contributed by atoms with E-state index in [1.54, 1.807) is 6.92 Å². The van der Waals surface area contributed by atoms with Gasteiger partial charge in [-0.25, -0.2) is 0 Å². The molecule has 1 heterocycles. The van der Waals surface area contributed by atoms with Crippen molar-refractivity contribution in [3.63, 3.8) is 0 Å². The van der Waals surface area contributed by atoms with Crippen molar-refractivity contribution in [1.29, 1.82) is 0 Å². The van der Waals surface area contributed by atoms with Crippen molar-refractivity contribution in [1.82, 2.24) is 4.90 Å². The van der Waals surface area contributed by atoms with E-state index < -0.39 is 0 Å². The van der Waals surface area contributed by atoms with Crippen LogP contribution in [0.3, 0.4) is 0 Å². The summed E-state index contributed by atoms with van der Waals surface area (Å²) in [4.78, 5) is 13.3. The van der Waals surface area contributed by atoms with Crippen LogP contribution in [0.15, 0.2) is 18.2 Å². The molecule has 1 saturated heterocycles. The number of piperidine rings is 1. The number of benzene rings is 1. The molecule has 1 fully saturated rings. The molecule has 1 aliphatic carbocycles. The molecule has 0 spiro atoms. The van der Waals surface area contributed by atoms with Crippen LogP contribution in [0.4, 0.5) is 0 Å². The number of hydrogen-bond acceptors (Lipinski definition) is 2. The van der Waals surface area contributed by atoms with E-state index in [0.717, 1.165) is 13.0 Å². The second-order valence-corrected chi connectivity index (χ2v) is 5.91. The monoisotopic (exact) mass is 258 g/mol. The van der Waals surface area contributed by atoms with E-state index in [1.165, 1.54) is 36.0 Å². The predicted molar refractivity (Wildman–Crippen MR) is 76.1 cm³/mol. The van der Waals surface area contributed by atoms with Gasteiger partial charge in [-0.1, -0.05) is 18.2 Å². The summed E-state index contributed by atoms with van der Waals surface area (Å²) in [6, 6.07) is 6.95. The predicted octanol–water partition coefficient (Wildman–Crippen LogP) is 1.84. The summed E-state index contributed by atoms with van der Waals surface area (Å²) in [6.45, 7) is 3.16. The van der Waals surface area contributed by atoms with Crippen LogP contribution in [0.5, 0.6) is 0 Å². The molecule has 1 aromatic rings. The number of amides is 1. The van der Waals surface area contributed by atoms with Crippen molar-refractivity contribution >= 4 is 5.91 Å². The molecule has 0 aromatic heterocycles. The van der Waals surface area contributed by atoms with Gasteiger partial charge in [0.2, 0.25) is 5.91 Å². The Kier molecular flexibility index (Phi) is 3.31. The fraction of sp³-hybridized carbons (Fsp3) is 0.562. The Morgan fingerprint density at radius 3 is 2.84 bits per heavy atom. The molecule has 1 amide bonds. The minimum absolute atomic E-state index is 0.0668. The van der Waals surface area contributed by atoms with Gasteiger partial charge in [-0.05, 0) is 42.4 Å². The van der Waals surface area contributed by atoms with Crippen LogP contribution < -0.4 is 5.73 Å². The Hall–Kier alpha value is -1.35. The maximum absolute atomic E-state index is 11.4. The van der Waals surface area contributed by atoms with Crippen molar-refractivity contribution in [2.24, 2.45) is 5.73 Å². The van der Waals surface area contributed by atoms with Crippen LogP contribution in [0.25, 0.3) is 0 Å². The van der Waals surface area contributed by atoms with E-state index in [4.69, 9.17) is 5.73 Å². The van der Waals surface area contributed by atoms with Gasteiger partial charge in [-0.2, -0.15) is 0 Å². The van der Waals surface area contributed by atoms with E-state index in [0.29, 0.717) is 12.5 Å². The summed E-state index contributed by atoms with van der Waals surface area (Å²) >= 11 is 0. The minimum Gasteiger partial charge on any atom is -0.341 e. The van der Waals surface area contributed by atoms with Crippen molar-refractivity contribution in [3.05, 3.63) is 34.9 Å². The third-order valence-corrected chi connectivity index (χ3v) is 4.65. The van der Waals surface area contributed by atoms with Gasteiger partial charge in [0.25, 0.3) is 0 Å². The number of rotatable bonds is 1. The first-order valence-corrected chi connectivity index (χ1v) is 7.28. The molecule has 0 bridgehead atoms. The van der Waals surface area contributed by atoms with Gasteiger partial charge < -0.3 is 10.6 Å². The first-order chi connectivity index (χ1) is 9.15. The Morgan fingerprint density at radius 2 is 2.11 bits per heavy atom. The van der Waals surface area contributed by atoms with E-state index >= 15 is 0 Å². The van der Waals surface area contributed by atoms with Gasteiger partial charge in [-0.15, -0.1) is 0 Å². The second-order valence-electron chi connectivity index (χ2n) is 5.91. The quantitative estimate of drug-likeness (QED) is 0.835. The number of nitrogens with zero attached hydrogens (tertiary/aromatic N) is 1. The van der Waals surface area contributed by atoms with Gasteiger partial charge in [0.05, 0.1) is 0 Å². The maximum atomic E-state index is 11.4. The van der Waals surface area contributed by atoms with Crippen LogP contribution in [0, 0.1) is 0 Å². The SMILES string of the molecule is CC(=O)N1CCC(c2ccc3c(c2)CCC3)C(N)C1. The molecule has 19 heavy (non-hydrogen) atoms. The third kappa shape index (κ3) is 2.39. The Balaban J connectivity index is 1.78. The summed E-state index contributed by atoms with van der Waals surface area (Å²) in [6.07, 6.45) is 4.71. The molecule has 0 saturated carbocycles. The lowest BCUT2D eigenvalue weighted by molar-refractivity contribution is -0.130. The molecule has 2 N–H and O–H groups in total. The highest BCUT2D eigenvalue weighted by Crippen LogP contribution is 2.31. The first kappa shape index (κ1) is 12.7. The Labute approximate surface area is 114 Å². The lowest BCUT2D eigenvalue weighted by Crippen LogP contribution is -2.48. The molecular formula is C16H22N2O. The highest BCUT2D eigenvalue weighted by Gasteiger charge is 2.29. The largest absolute Gasteiger partial charge is 0.341 e. The van der Waals surface area contributed by atoms with E-state index in [2.05, 4.69) is 18.2 Å². The molecule has 0 radical (unpaired) electrons. The van der Waals surface area contributed by atoms with Crippen LogP contribution in [0.2, 0.25) is 0 Å². The molecule has 2 unspecified atom stereocenters. The molecule has 1 aliphatic heterocycles. The van der Waals surface area contributed by atoms with Gasteiger partial charge >= 0.3 is 0 Å². The minimum atomic E-state index is 0.0668. The van der Waals surface area contributed by atoms with E-state index in [-0.39, 0.29) is 11.9 Å².